The topological polar surface area (TPSA) is 59.5 Å². The number of hydrogen-bond donors (Lipinski definition) is 1. The lowest BCUT2D eigenvalue weighted by molar-refractivity contribution is -0.113. The van der Waals surface area contributed by atoms with Crippen molar-refractivity contribution >= 4 is 17.9 Å². The fourth-order valence-corrected chi connectivity index (χ4v) is 0.836. The third-order valence-corrected chi connectivity index (χ3v) is 1.47. The van der Waals surface area contributed by atoms with Crippen molar-refractivity contribution in [2.45, 2.75) is 0 Å². The molecule has 2 N–H and O–H groups in total. The second kappa shape index (κ2) is 3.80. The van der Waals surface area contributed by atoms with Gasteiger partial charge in [0, 0.05) is 26.2 Å². The second-order valence-electron chi connectivity index (χ2n) is 2.81. The van der Waals surface area contributed by atoms with E-state index in [1.807, 2.05) is 25.1 Å². The van der Waals surface area contributed by atoms with E-state index in [0.29, 0.717) is 5.76 Å². The largest absolute Gasteiger partial charge is 0.441 e. The van der Waals surface area contributed by atoms with E-state index in [9.17, 15) is 4.79 Å². The maximum absolute atomic E-state index is 10.4. The summed E-state index contributed by atoms with van der Waals surface area (Å²) >= 11 is 0. The van der Waals surface area contributed by atoms with Gasteiger partial charge in [-0.05, 0) is 12.1 Å². The molecule has 0 saturated carbocycles. The molecule has 0 fully saturated rings. The van der Waals surface area contributed by atoms with E-state index >= 15 is 0 Å². The molecule has 0 aromatic carbocycles. The van der Waals surface area contributed by atoms with E-state index in [4.69, 9.17) is 10.2 Å². The van der Waals surface area contributed by atoms with Gasteiger partial charge in [-0.25, -0.2) is 0 Å². The predicted molar refractivity (Wildman–Crippen MR) is 51.3 cm³/mol. The van der Waals surface area contributed by atoms with Crippen molar-refractivity contribution in [2.75, 3.05) is 19.0 Å². The Labute approximate surface area is 76.6 Å². The number of nitrogens with zero attached hydrogens (tertiary/aromatic N) is 1. The normalized spacial score (nSPS) is 10.6. The van der Waals surface area contributed by atoms with Crippen molar-refractivity contribution in [2.24, 2.45) is 5.73 Å². The number of hydrogen-bond acceptors (Lipinski definition) is 3. The molecule has 1 amide bonds. The molecule has 0 bridgehead atoms. The number of furan rings is 1. The molecule has 1 aromatic heterocycles. The van der Waals surface area contributed by atoms with Crippen LogP contribution in [-0.2, 0) is 4.79 Å². The third kappa shape index (κ3) is 2.66. The monoisotopic (exact) mass is 180 g/mol. The Morgan fingerprint density at radius 1 is 1.54 bits per heavy atom. The maximum Gasteiger partial charge on any atom is 0.241 e. The lowest BCUT2D eigenvalue weighted by Crippen LogP contribution is -2.06. The number of rotatable bonds is 3. The summed E-state index contributed by atoms with van der Waals surface area (Å²) in [6.07, 6.45) is 2.80. The highest BCUT2D eigenvalue weighted by Gasteiger charge is 2.00. The molecule has 0 radical (unpaired) electrons. The number of anilines is 1. The fraction of sp³-hybridized carbons (Fsp3) is 0.222. The molecule has 0 aliphatic rings. The molecule has 0 spiro atoms. The number of carbonyl (C=O) groups excluding carboxylic acids is 1. The van der Waals surface area contributed by atoms with Gasteiger partial charge in [0.05, 0.1) is 0 Å². The van der Waals surface area contributed by atoms with Crippen LogP contribution in [-0.4, -0.2) is 20.0 Å². The summed E-state index contributed by atoms with van der Waals surface area (Å²) in [5.41, 5.74) is 4.93. The summed E-state index contributed by atoms with van der Waals surface area (Å²) in [5, 5.41) is 0. The summed E-state index contributed by atoms with van der Waals surface area (Å²) in [5.74, 6) is 0.870. The molecule has 4 nitrogen and oxygen atoms in total. The van der Waals surface area contributed by atoms with Gasteiger partial charge >= 0.3 is 0 Å². The summed E-state index contributed by atoms with van der Waals surface area (Å²) in [7, 11) is 3.75. The van der Waals surface area contributed by atoms with Gasteiger partial charge in [-0.3, -0.25) is 4.79 Å². The predicted octanol–water partition coefficient (Wildman–Crippen LogP) is 0.844. The first-order valence-corrected chi connectivity index (χ1v) is 3.84. The molecule has 0 atom stereocenters. The van der Waals surface area contributed by atoms with E-state index < -0.39 is 5.91 Å². The smallest absolute Gasteiger partial charge is 0.241 e. The van der Waals surface area contributed by atoms with Crippen molar-refractivity contribution in [3.8, 4) is 0 Å². The Kier molecular flexibility index (Phi) is 2.74. The number of nitrogens with two attached hydrogens (primary N) is 1. The average molecular weight is 180 g/mol. The van der Waals surface area contributed by atoms with Gasteiger partial charge < -0.3 is 15.1 Å². The van der Waals surface area contributed by atoms with E-state index in [1.54, 1.807) is 6.07 Å². The minimum Gasteiger partial charge on any atom is -0.441 e. The fourth-order valence-electron chi connectivity index (χ4n) is 0.836. The van der Waals surface area contributed by atoms with Crippen LogP contribution in [0.2, 0.25) is 0 Å². The Morgan fingerprint density at radius 2 is 2.23 bits per heavy atom. The molecular weight excluding hydrogens is 168 g/mol. The number of primary amides is 1. The highest BCUT2D eigenvalue weighted by Crippen LogP contribution is 2.16. The van der Waals surface area contributed by atoms with Crippen LogP contribution in [0.15, 0.2) is 22.6 Å². The quantitative estimate of drug-likeness (QED) is 0.701. The Morgan fingerprint density at radius 3 is 2.69 bits per heavy atom. The van der Waals surface area contributed by atoms with E-state index in [-0.39, 0.29) is 0 Å². The van der Waals surface area contributed by atoms with Crippen LogP contribution in [0.1, 0.15) is 5.76 Å². The Bertz CT molecular complexity index is 326. The van der Waals surface area contributed by atoms with Crippen molar-refractivity contribution in [3.63, 3.8) is 0 Å². The first-order chi connectivity index (χ1) is 6.09. The molecule has 4 heteroatoms. The zero-order chi connectivity index (χ0) is 9.84. The minimum atomic E-state index is -0.484. The summed E-state index contributed by atoms with van der Waals surface area (Å²) in [6.45, 7) is 0. The highest BCUT2D eigenvalue weighted by molar-refractivity contribution is 5.89. The van der Waals surface area contributed by atoms with Crippen LogP contribution in [0.5, 0.6) is 0 Å². The average Bonchev–Trinajstić information content (AvgIpc) is 2.48. The minimum absolute atomic E-state index is 0.484. The van der Waals surface area contributed by atoms with Crippen LogP contribution in [0.3, 0.4) is 0 Å². The summed E-state index contributed by atoms with van der Waals surface area (Å²) < 4.78 is 5.33. The molecule has 13 heavy (non-hydrogen) atoms. The molecule has 0 unspecified atom stereocenters. The van der Waals surface area contributed by atoms with Gasteiger partial charge in [-0.1, -0.05) is 0 Å². The van der Waals surface area contributed by atoms with Crippen LogP contribution < -0.4 is 10.6 Å². The van der Waals surface area contributed by atoms with Gasteiger partial charge in [-0.15, -0.1) is 0 Å². The SMILES string of the molecule is CN(C)c1ccc(/C=C/C(N)=O)o1. The van der Waals surface area contributed by atoms with Gasteiger partial charge in [0.2, 0.25) is 5.91 Å². The highest BCUT2D eigenvalue weighted by atomic mass is 16.4. The van der Waals surface area contributed by atoms with Crippen molar-refractivity contribution in [1.82, 2.24) is 0 Å². The molecule has 1 rings (SSSR count). The standard InChI is InChI=1S/C9H12N2O2/c1-11(2)9-6-4-7(13-9)3-5-8(10)12/h3-6H,1-2H3,(H2,10,12)/b5-3+. The van der Waals surface area contributed by atoms with Gasteiger partial charge in [0.1, 0.15) is 5.76 Å². The van der Waals surface area contributed by atoms with E-state index in [0.717, 1.165) is 5.88 Å². The molecule has 1 heterocycles. The van der Waals surface area contributed by atoms with Crippen LogP contribution in [0.4, 0.5) is 5.88 Å². The van der Waals surface area contributed by atoms with Crippen LogP contribution in [0, 0.1) is 0 Å². The molecule has 0 aliphatic heterocycles. The molecule has 70 valence electrons. The van der Waals surface area contributed by atoms with Gasteiger partial charge in [0.25, 0.3) is 0 Å². The first kappa shape index (κ1) is 9.38. The zero-order valence-corrected chi connectivity index (χ0v) is 7.65. The van der Waals surface area contributed by atoms with Crippen molar-refractivity contribution in [3.05, 3.63) is 24.0 Å². The summed E-state index contributed by atoms with van der Waals surface area (Å²) in [4.78, 5) is 12.2. The first-order valence-electron chi connectivity index (χ1n) is 3.84. The maximum atomic E-state index is 10.4. The lowest BCUT2D eigenvalue weighted by Gasteiger charge is -2.05. The van der Waals surface area contributed by atoms with Crippen molar-refractivity contribution in [1.29, 1.82) is 0 Å². The third-order valence-electron chi connectivity index (χ3n) is 1.47. The molecule has 1 aromatic rings. The Balaban J connectivity index is 2.75. The van der Waals surface area contributed by atoms with E-state index in [1.165, 1.54) is 12.2 Å². The second-order valence-corrected chi connectivity index (χ2v) is 2.81. The summed E-state index contributed by atoms with van der Waals surface area (Å²) in [6, 6.07) is 3.59. The number of amides is 1. The van der Waals surface area contributed by atoms with E-state index in [2.05, 4.69) is 0 Å². The Hall–Kier alpha value is -1.71. The molecule has 0 saturated heterocycles. The van der Waals surface area contributed by atoms with Gasteiger partial charge in [0.15, 0.2) is 5.88 Å². The van der Waals surface area contributed by atoms with Crippen LogP contribution >= 0.6 is 0 Å². The molecule has 0 aliphatic carbocycles. The molecular formula is C9H12N2O2. The number of carbonyl (C=O) groups is 1. The zero-order valence-electron chi connectivity index (χ0n) is 7.65. The lowest BCUT2D eigenvalue weighted by atomic mass is 10.4. The van der Waals surface area contributed by atoms with Gasteiger partial charge in [-0.2, -0.15) is 0 Å². The van der Waals surface area contributed by atoms with Crippen LogP contribution in [0.25, 0.3) is 6.08 Å². The van der Waals surface area contributed by atoms with Crippen molar-refractivity contribution < 1.29 is 9.21 Å².